The van der Waals surface area contributed by atoms with Crippen LogP contribution in [0, 0.1) is 0 Å². The number of methoxy groups -OCH3 is 1. The molecular formula is C18H23N3O3. The first kappa shape index (κ1) is 16.5. The van der Waals surface area contributed by atoms with Crippen molar-refractivity contribution in [2.75, 3.05) is 13.7 Å². The Hall–Kier alpha value is -2.37. The molecule has 1 amide bonds. The number of carbonyl (C=O) groups excluding carboxylic acids is 1. The molecule has 128 valence electrons. The van der Waals surface area contributed by atoms with Crippen molar-refractivity contribution in [3.05, 3.63) is 41.5 Å². The van der Waals surface area contributed by atoms with Crippen molar-refractivity contribution in [1.29, 1.82) is 0 Å². The molecule has 0 bridgehead atoms. The third-order valence-corrected chi connectivity index (χ3v) is 4.36. The maximum absolute atomic E-state index is 12.3. The zero-order valence-electron chi connectivity index (χ0n) is 14.2. The minimum Gasteiger partial charge on any atom is -0.496 e. The third kappa shape index (κ3) is 3.58. The number of nitrogens with zero attached hydrogens (tertiary/aromatic N) is 3. The van der Waals surface area contributed by atoms with Gasteiger partial charge < -0.3 is 14.2 Å². The summed E-state index contributed by atoms with van der Waals surface area (Å²) in [4.78, 5) is 18.6. The molecule has 1 unspecified atom stereocenters. The highest BCUT2D eigenvalue weighted by Gasteiger charge is 2.30. The number of ether oxygens (including phenoxy) is 1. The Balaban J connectivity index is 1.72. The van der Waals surface area contributed by atoms with Gasteiger partial charge in [-0.15, -0.1) is 0 Å². The van der Waals surface area contributed by atoms with Gasteiger partial charge in [0, 0.05) is 31.5 Å². The van der Waals surface area contributed by atoms with E-state index in [0.29, 0.717) is 25.4 Å². The number of para-hydroxylation sites is 1. The molecule has 1 aliphatic heterocycles. The molecule has 6 nitrogen and oxygen atoms in total. The van der Waals surface area contributed by atoms with E-state index in [2.05, 4.69) is 17.1 Å². The quantitative estimate of drug-likeness (QED) is 0.815. The Labute approximate surface area is 141 Å². The van der Waals surface area contributed by atoms with E-state index < -0.39 is 0 Å². The van der Waals surface area contributed by atoms with Gasteiger partial charge in [0.1, 0.15) is 5.75 Å². The predicted molar refractivity (Wildman–Crippen MR) is 88.7 cm³/mol. The molecular weight excluding hydrogens is 306 g/mol. The molecule has 0 radical (unpaired) electrons. The second-order valence-corrected chi connectivity index (χ2v) is 6.12. The first-order valence-corrected chi connectivity index (χ1v) is 8.43. The molecule has 1 aromatic heterocycles. The number of amides is 1. The number of aromatic nitrogens is 2. The van der Waals surface area contributed by atoms with Crippen LogP contribution in [0.3, 0.4) is 0 Å². The molecule has 0 N–H and O–H groups in total. The standard InChI is InChI=1S/C18H23N3O3/c1-3-6-16-19-18(24-20-16)14-9-10-17(22)21(12-14)11-13-7-4-5-8-15(13)23-2/h4-5,7-8,14H,3,6,9-12H2,1-2H3. The number of hydrogen-bond donors (Lipinski definition) is 0. The summed E-state index contributed by atoms with van der Waals surface area (Å²) in [6, 6.07) is 7.79. The maximum Gasteiger partial charge on any atom is 0.231 e. The highest BCUT2D eigenvalue weighted by atomic mass is 16.5. The molecule has 24 heavy (non-hydrogen) atoms. The lowest BCUT2D eigenvalue weighted by atomic mass is 9.97. The van der Waals surface area contributed by atoms with E-state index in [0.717, 1.165) is 36.4 Å². The lowest BCUT2D eigenvalue weighted by Crippen LogP contribution is -2.38. The summed E-state index contributed by atoms with van der Waals surface area (Å²) in [5, 5.41) is 4.03. The van der Waals surface area contributed by atoms with Crippen LogP contribution in [-0.2, 0) is 17.8 Å². The normalized spacial score (nSPS) is 18.0. The van der Waals surface area contributed by atoms with E-state index in [1.54, 1.807) is 7.11 Å². The van der Waals surface area contributed by atoms with Gasteiger partial charge in [0.05, 0.1) is 13.0 Å². The SMILES string of the molecule is CCCc1noc(C2CCC(=O)N(Cc3ccccc3OC)C2)n1. The zero-order chi connectivity index (χ0) is 16.9. The van der Waals surface area contributed by atoms with E-state index in [9.17, 15) is 4.79 Å². The minimum absolute atomic E-state index is 0.107. The molecule has 1 atom stereocenters. The van der Waals surface area contributed by atoms with Gasteiger partial charge in [0.25, 0.3) is 0 Å². The molecule has 2 aromatic rings. The van der Waals surface area contributed by atoms with Crippen molar-refractivity contribution in [1.82, 2.24) is 15.0 Å². The van der Waals surface area contributed by atoms with Gasteiger partial charge >= 0.3 is 0 Å². The molecule has 1 aromatic carbocycles. The first-order valence-electron chi connectivity index (χ1n) is 8.43. The van der Waals surface area contributed by atoms with Gasteiger partial charge in [-0.3, -0.25) is 4.79 Å². The molecule has 2 heterocycles. The molecule has 3 rings (SSSR count). The van der Waals surface area contributed by atoms with Crippen LogP contribution in [0.4, 0.5) is 0 Å². The molecule has 1 fully saturated rings. The first-order chi connectivity index (χ1) is 11.7. The molecule has 6 heteroatoms. The van der Waals surface area contributed by atoms with Crippen molar-refractivity contribution in [3.63, 3.8) is 0 Å². The van der Waals surface area contributed by atoms with Gasteiger partial charge in [-0.05, 0) is 18.9 Å². The molecule has 0 aliphatic carbocycles. The fraction of sp³-hybridized carbons (Fsp3) is 0.500. The van der Waals surface area contributed by atoms with E-state index >= 15 is 0 Å². The Kier molecular flexibility index (Phi) is 5.13. The van der Waals surface area contributed by atoms with Gasteiger partial charge in [0.15, 0.2) is 5.82 Å². The van der Waals surface area contributed by atoms with Crippen LogP contribution in [0.1, 0.15) is 49.4 Å². The second-order valence-electron chi connectivity index (χ2n) is 6.12. The lowest BCUT2D eigenvalue weighted by Gasteiger charge is -2.31. The number of hydrogen-bond acceptors (Lipinski definition) is 5. The summed E-state index contributed by atoms with van der Waals surface area (Å²) in [6.07, 6.45) is 3.07. The van der Waals surface area contributed by atoms with Crippen molar-refractivity contribution < 1.29 is 14.1 Å². The largest absolute Gasteiger partial charge is 0.496 e. The number of rotatable bonds is 6. The lowest BCUT2D eigenvalue weighted by molar-refractivity contribution is -0.134. The van der Waals surface area contributed by atoms with Crippen LogP contribution < -0.4 is 4.74 Å². The fourth-order valence-electron chi connectivity index (χ4n) is 3.07. The summed E-state index contributed by atoms with van der Waals surface area (Å²) >= 11 is 0. The zero-order valence-corrected chi connectivity index (χ0v) is 14.2. The van der Waals surface area contributed by atoms with Crippen LogP contribution in [0.5, 0.6) is 5.75 Å². The topological polar surface area (TPSA) is 68.5 Å². The highest BCUT2D eigenvalue weighted by molar-refractivity contribution is 5.77. The van der Waals surface area contributed by atoms with E-state index in [1.165, 1.54) is 0 Å². The van der Waals surface area contributed by atoms with Gasteiger partial charge in [-0.25, -0.2) is 0 Å². The molecule has 1 saturated heterocycles. The summed E-state index contributed by atoms with van der Waals surface area (Å²) in [7, 11) is 1.65. The Morgan fingerprint density at radius 2 is 2.21 bits per heavy atom. The van der Waals surface area contributed by atoms with Crippen molar-refractivity contribution in [2.45, 2.75) is 45.1 Å². The second kappa shape index (κ2) is 7.47. The fourth-order valence-corrected chi connectivity index (χ4v) is 3.07. The average Bonchev–Trinajstić information content (AvgIpc) is 3.06. The van der Waals surface area contributed by atoms with Crippen molar-refractivity contribution >= 4 is 5.91 Å². The Morgan fingerprint density at radius 1 is 1.38 bits per heavy atom. The summed E-state index contributed by atoms with van der Waals surface area (Å²) in [5.74, 6) is 2.47. The number of aryl methyl sites for hydroxylation is 1. The summed E-state index contributed by atoms with van der Waals surface area (Å²) in [5.41, 5.74) is 1.01. The van der Waals surface area contributed by atoms with E-state index in [1.807, 2.05) is 29.2 Å². The monoisotopic (exact) mass is 329 g/mol. The van der Waals surface area contributed by atoms with Crippen LogP contribution in [-0.4, -0.2) is 34.6 Å². The van der Waals surface area contributed by atoms with E-state index in [-0.39, 0.29) is 11.8 Å². The van der Waals surface area contributed by atoms with Gasteiger partial charge in [-0.2, -0.15) is 4.98 Å². The van der Waals surface area contributed by atoms with E-state index in [4.69, 9.17) is 9.26 Å². The van der Waals surface area contributed by atoms with Crippen LogP contribution in [0.2, 0.25) is 0 Å². The van der Waals surface area contributed by atoms with Gasteiger partial charge in [-0.1, -0.05) is 30.3 Å². The number of likely N-dealkylation sites (tertiary alicyclic amines) is 1. The van der Waals surface area contributed by atoms with Crippen molar-refractivity contribution in [3.8, 4) is 5.75 Å². The minimum atomic E-state index is 0.107. The highest BCUT2D eigenvalue weighted by Crippen LogP contribution is 2.29. The van der Waals surface area contributed by atoms with Crippen LogP contribution in [0.15, 0.2) is 28.8 Å². The third-order valence-electron chi connectivity index (χ3n) is 4.36. The van der Waals surface area contributed by atoms with Crippen LogP contribution in [0.25, 0.3) is 0 Å². The average molecular weight is 329 g/mol. The molecule has 1 aliphatic rings. The van der Waals surface area contributed by atoms with Crippen LogP contribution >= 0.6 is 0 Å². The Bertz CT molecular complexity index is 698. The Morgan fingerprint density at radius 3 is 3.00 bits per heavy atom. The smallest absolute Gasteiger partial charge is 0.231 e. The molecule has 0 spiro atoms. The van der Waals surface area contributed by atoms with Crippen molar-refractivity contribution in [2.24, 2.45) is 0 Å². The summed E-state index contributed by atoms with van der Waals surface area (Å²) < 4.78 is 10.8. The summed E-state index contributed by atoms with van der Waals surface area (Å²) in [6.45, 7) is 3.23. The number of carbonyl (C=O) groups is 1. The maximum atomic E-state index is 12.3. The number of benzene rings is 1. The van der Waals surface area contributed by atoms with Gasteiger partial charge in [0.2, 0.25) is 11.8 Å². The number of piperidine rings is 1. The predicted octanol–water partition coefficient (Wildman–Crippen LogP) is 2.94. The molecule has 0 saturated carbocycles.